The fourth-order valence-corrected chi connectivity index (χ4v) is 4.71. The molecule has 154 valence electrons. The Kier molecular flexibility index (Phi) is 4.39. The molecule has 3 aliphatic heterocycles. The lowest BCUT2D eigenvalue weighted by atomic mass is 9.86. The number of anilines is 1. The van der Waals surface area contributed by atoms with E-state index in [9.17, 15) is 19.2 Å². The molecule has 3 heterocycles. The van der Waals surface area contributed by atoms with Gasteiger partial charge in [-0.1, -0.05) is 36.4 Å². The van der Waals surface area contributed by atoms with Crippen molar-refractivity contribution in [1.29, 1.82) is 0 Å². The van der Waals surface area contributed by atoms with E-state index in [1.54, 1.807) is 65.8 Å². The number of rotatable bonds is 4. The van der Waals surface area contributed by atoms with Crippen LogP contribution >= 0.6 is 0 Å². The first-order valence-corrected chi connectivity index (χ1v) is 10.1. The number of fused-ring (bicyclic) bond motifs is 3. The lowest BCUT2D eigenvalue weighted by Crippen LogP contribution is -2.46. The Balaban J connectivity index is 1.55. The van der Waals surface area contributed by atoms with E-state index in [4.69, 9.17) is 0 Å². The topological polar surface area (TPSA) is 87.1 Å². The molecule has 2 aromatic rings. The van der Waals surface area contributed by atoms with Crippen LogP contribution in [0.1, 0.15) is 27.6 Å². The number of benzene rings is 2. The van der Waals surface area contributed by atoms with Crippen LogP contribution in [-0.2, 0) is 9.59 Å². The third-order valence-electron chi connectivity index (χ3n) is 6.15. The van der Waals surface area contributed by atoms with Gasteiger partial charge < -0.3 is 0 Å². The van der Waals surface area contributed by atoms with E-state index in [1.807, 2.05) is 12.1 Å². The molecule has 31 heavy (non-hydrogen) atoms. The first-order chi connectivity index (χ1) is 15.0. The first-order valence-electron chi connectivity index (χ1n) is 10.1. The zero-order valence-electron chi connectivity index (χ0n) is 16.7. The zero-order chi connectivity index (χ0) is 21.7. The highest BCUT2D eigenvalue weighted by molar-refractivity contribution is 6.24. The summed E-state index contributed by atoms with van der Waals surface area (Å²) in [5.41, 5.74) is 1.37. The fraction of sp³-hybridized carbons (Fsp3) is 0.208. The molecule has 0 radical (unpaired) electrons. The molecule has 2 amide bonds. The summed E-state index contributed by atoms with van der Waals surface area (Å²) in [5, 5.41) is 5.93. The highest BCUT2D eigenvalue weighted by atomic mass is 16.2. The largest absolute Gasteiger partial charge is 0.295 e. The Labute approximate surface area is 178 Å². The van der Waals surface area contributed by atoms with Crippen molar-refractivity contribution in [3.8, 4) is 0 Å². The van der Waals surface area contributed by atoms with E-state index in [0.717, 1.165) is 4.90 Å². The molecular weight excluding hydrogens is 394 g/mol. The van der Waals surface area contributed by atoms with Crippen molar-refractivity contribution in [1.82, 2.24) is 5.01 Å². The number of hydrazone groups is 1. The second-order valence-corrected chi connectivity index (χ2v) is 7.86. The molecule has 2 fully saturated rings. The third-order valence-corrected chi connectivity index (χ3v) is 6.15. The minimum Gasteiger partial charge on any atom is -0.295 e. The van der Waals surface area contributed by atoms with E-state index in [1.165, 1.54) is 6.92 Å². The number of nitrogens with zero attached hydrogens (tertiary/aromatic N) is 3. The summed E-state index contributed by atoms with van der Waals surface area (Å²) in [6.45, 7) is 1.45. The van der Waals surface area contributed by atoms with Gasteiger partial charge in [0.1, 0.15) is 6.04 Å². The second-order valence-electron chi connectivity index (χ2n) is 7.86. The molecular formula is C24H19N3O4. The number of carbonyl (C=O) groups is 4. The van der Waals surface area contributed by atoms with Crippen molar-refractivity contribution < 1.29 is 19.2 Å². The second kappa shape index (κ2) is 7.12. The lowest BCUT2D eigenvalue weighted by molar-refractivity contribution is -0.123. The number of hydrogen-bond donors (Lipinski definition) is 0. The van der Waals surface area contributed by atoms with E-state index in [0.29, 0.717) is 16.8 Å². The van der Waals surface area contributed by atoms with Crippen molar-refractivity contribution in [2.75, 3.05) is 4.90 Å². The van der Waals surface area contributed by atoms with Crippen LogP contribution in [0.15, 0.2) is 71.9 Å². The summed E-state index contributed by atoms with van der Waals surface area (Å²) >= 11 is 0. The average molecular weight is 413 g/mol. The van der Waals surface area contributed by atoms with Crippen LogP contribution in [0, 0.1) is 11.8 Å². The predicted octanol–water partition coefficient (Wildman–Crippen LogP) is 2.49. The van der Waals surface area contributed by atoms with E-state index < -0.39 is 29.8 Å². The maximum absolute atomic E-state index is 13.5. The van der Waals surface area contributed by atoms with E-state index in [2.05, 4.69) is 5.10 Å². The van der Waals surface area contributed by atoms with Crippen molar-refractivity contribution >= 4 is 35.3 Å². The smallest absolute Gasteiger partial charge is 0.240 e. The Hall–Kier alpha value is -3.87. The number of hydrogen-bond acceptors (Lipinski definition) is 6. The number of amides is 2. The van der Waals surface area contributed by atoms with Crippen molar-refractivity contribution in [3.63, 3.8) is 0 Å². The zero-order valence-corrected chi connectivity index (χ0v) is 16.7. The molecule has 0 spiro atoms. The summed E-state index contributed by atoms with van der Waals surface area (Å²) in [6, 6.07) is 13.8. The summed E-state index contributed by atoms with van der Waals surface area (Å²) in [4.78, 5) is 53.0. The van der Waals surface area contributed by atoms with Gasteiger partial charge >= 0.3 is 0 Å². The number of carbonyl (C=O) groups excluding carboxylic acids is 4. The van der Waals surface area contributed by atoms with Crippen LogP contribution < -0.4 is 4.90 Å². The highest BCUT2D eigenvalue weighted by Crippen LogP contribution is 2.46. The molecule has 4 atom stereocenters. The molecule has 7 heteroatoms. The Morgan fingerprint density at radius 3 is 2.23 bits per heavy atom. The van der Waals surface area contributed by atoms with Crippen LogP contribution in [0.25, 0.3) is 0 Å². The molecule has 7 nitrogen and oxygen atoms in total. The number of Topliss-reactive ketones (excluding diaryl/α,β-unsaturated/α-hetero) is 2. The maximum atomic E-state index is 13.5. The number of allylic oxidation sites excluding steroid dienone is 1. The minimum atomic E-state index is -0.864. The SMILES string of the molecule is CC(=O)c1ccc(N2C(=O)[C@@H]3[C@H](C2=O)[C@@H](C(=O)c2ccccc2)N2N=CC=C[C@@H]32)cc1. The Morgan fingerprint density at radius 2 is 1.55 bits per heavy atom. The van der Waals surface area contributed by atoms with Crippen LogP contribution in [0.3, 0.4) is 0 Å². The van der Waals surface area contributed by atoms with Gasteiger partial charge in [-0.05, 0) is 37.3 Å². The molecule has 0 N–H and O–H groups in total. The fourth-order valence-electron chi connectivity index (χ4n) is 4.71. The van der Waals surface area contributed by atoms with Crippen LogP contribution in [0.2, 0.25) is 0 Å². The molecule has 0 unspecified atom stereocenters. The maximum Gasteiger partial charge on any atom is 0.240 e. The predicted molar refractivity (Wildman–Crippen MR) is 114 cm³/mol. The average Bonchev–Trinajstić information content (AvgIpc) is 3.27. The summed E-state index contributed by atoms with van der Waals surface area (Å²) in [7, 11) is 0. The molecule has 0 bridgehead atoms. The van der Waals surface area contributed by atoms with Gasteiger partial charge in [-0.25, -0.2) is 4.90 Å². The van der Waals surface area contributed by atoms with E-state index >= 15 is 0 Å². The van der Waals surface area contributed by atoms with Gasteiger partial charge in [0.25, 0.3) is 0 Å². The lowest BCUT2D eigenvalue weighted by Gasteiger charge is -2.30. The molecule has 0 aromatic heterocycles. The van der Waals surface area contributed by atoms with Gasteiger partial charge in [0.2, 0.25) is 11.8 Å². The summed E-state index contributed by atoms with van der Waals surface area (Å²) in [6.07, 6.45) is 5.11. The Morgan fingerprint density at radius 1 is 0.871 bits per heavy atom. The van der Waals surface area contributed by atoms with Gasteiger partial charge in [-0.15, -0.1) is 0 Å². The van der Waals surface area contributed by atoms with Crippen molar-refractivity contribution in [2.45, 2.75) is 19.0 Å². The van der Waals surface area contributed by atoms with Gasteiger partial charge in [0.05, 0.1) is 23.6 Å². The van der Waals surface area contributed by atoms with Crippen LogP contribution in [0.5, 0.6) is 0 Å². The molecule has 2 aromatic carbocycles. The van der Waals surface area contributed by atoms with Gasteiger partial charge in [0, 0.05) is 17.3 Å². The normalized spacial score (nSPS) is 26.2. The number of imide groups is 1. The van der Waals surface area contributed by atoms with Gasteiger partial charge in [-0.3, -0.25) is 24.2 Å². The van der Waals surface area contributed by atoms with Gasteiger partial charge in [0.15, 0.2) is 11.6 Å². The molecule has 5 rings (SSSR count). The molecule has 0 saturated carbocycles. The monoisotopic (exact) mass is 413 g/mol. The van der Waals surface area contributed by atoms with E-state index in [-0.39, 0.29) is 17.5 Å². The quantitative estimate of drug-likeness (QED) is 0.568. The highest BCUT2D eigenvalue weighted by Gasteiger charge is 2.64. The molecule has 3 aliphatic rings. The minimum absolute atomic E-state index is 0.100. The summed E-state index contributed by atoms with van der Waals surface area (Å²) < 4.78 is 0. The molecule has 0 aliphatic carbocycles. The van der Waals surface area contributed by atoms with Crippen molar-refractivity contribution in [2.24, 2.45) is 16.9 Å². The molecule has 2 saturated heterocycles. The Bertz CT molecular complexity index is 1150. The standard InChI is InChI=1S/C24H19N3O4/c1-14(28)15-9-11-17(12-10-15)26-23(30)19-18-8-5-13-25-27(18)21(20(19)24(26)31)22(29)16-6-3-2-4-7-16/h2-13,18-21H,1H3/t18-,19-,20-,21-/m0/s1. The summed E-state index contributed by atoms with van der Waals surface area (Å²) in [5.74, 6) is -2.65. The van der Waals surface area contributed by atoms with Crippen LogP contribution in [-0.4, -0.2) is 46.7 Å². The van der Waals surface area contributed by atoms with Crippen LogP contribution in [0.4, 0.5) is 5.69 Å². The van der Waals surface area contributed by atoms with Gasteiger partial charge in [-0.2, -0.15) is 5.10 Å². The first kappa shape index (κ1) is 19.1. The third kappa shape index (κ3) is 2.84. The van der Waals surface area contributed by atoms with Crippen molar-refractivity contribution in [3.05, 3.63) is 77.9 Å². The number of ketones is 2.